The first kappa shape index (κ1) is 15.7. The standard InChI is InChI=1S/C19H15NO4/c1-24-17(21)12-14-6-4-5-13(11-14)9-10-20-18(22)15-7-2-3-8-16(15)19(20)23/h2-11H,12H2,1H3/b10-9+. The van der Waals surface area contributed by atoms with Gasteiger partial charge in [-0.1, -0.05) is 36.4 Å². The summed E-state index contributed by atoms with van der Waals surface area (Å²) in [4.78, 5) is 37.0. The van der Waals surface area contributed by atoms with E-state index in [4.69, 9.17) is 0 Å². The maximum atomic E-state index is 12.3. The van der Waals surface area contributed by atoms with E-state index in [0.29, 0.717) is 11.1 Å². The van der Waals surface area contributed by atoms with Crippen LogP contribution in [0.15, 0.2) is 54.7 Å². The van der Waals surface area contributed by atoms with Crippen LogP contribution in [0.3, 0.4) is 0 Å². The maximum Gasteiger partial charge on any atom is 0.309 e. The number of hydrogen-bond donors (Lipinski definition) is 0. The average molecular weight is 321 g/mol. The molecule has 0 atom stereocenters. The summed E-state index contributed by atoms with van der Waals surface area (Å²) in [6.07, 6.45) is 3.30. The fourth-order valence-corrected chi connectivity index (χ4v) is 2.55. The van der Waals surface area contributed by atoms with Crippen LogP contribution in [0.1, 0.15) is 31.8 Å². The molecule has 0 saturated heterocycles. The van der Waals surface area contributed by atoms with E-state index < -0.39 is 0 Å². The van der Waals surface area contributed by atoms with Crippen LogP contribution in [0.5, 0.6) is 0 Å². The molecule has 0 saturated carbocycles. The smallest absolute Gasteiger partial charge is 0.309 e. The number of fused-ring (bicyclic) bond motifs is 1. The van der Waals surface area contributed by atoms with Crippen LogP contribution in [0.25, 0.3) is 6.08 Å². The summed E-state index contributed by atoms with van der Waals surface area (Å²) in [6, 6.07) is 14.0. The van der Waals surface area contributed by atoms with E-state index in [2.05, 4.69) is 4.74 Å². The van der Waals surface area contributed by atoms with Gasteiger partial charge in [-0.25, -0.2) is 4.90 Å². The van der Waals surface area contributed by atoms with Gasteiger partial charge < -0.3 is 4.74 Å². The third-order valence-corrected chi connectivity index (χ3v) is 3.77. The number of amides is 2. The molecule has 1 heterocycles. The molecule has 0 spiro atoms. The highest BCUT2D eigenvalue weighted by atomic mass is 16.5. The van der Waals surface area contributed by atoms with Gasteiger partial charge in [0.1, 0.15) is 0 Å². The van der Waals surface area contributed by atoms with Crippen LogP contribution in [-0.2, 0) is 16.0 Å². The number of hydrogen-bond acceptors (Lipinski definition) is 4. The van der Waals surface area contributed by atoms with E-state index in [9.17, 15) is 14.4 Å². The minimum Gasteiger partial charge on any atom is -0.469 e. The number of benzene rings is 2. The maximum absolute atomic E-state index is 12.3. The molecule has 0 N–H and O–H groups in total. The van der Waals surface area contributed by atoms with Gasteiger partial charge in [-0.2, -0.15) is 0 Å². The van der Waals surface area contributed by atoms with Crippen molar-refractivity contribution in [3.05, 3.63) is 77.0 Å². The van der Waals surface area contributed by atoms with Crippen molar-refractivity contribution in [2.75, 3.05) is 7.11 Å². The summed E-state index contributed by atoms with van der Waals surface area (Å²) < 4.78 is 4.64. The van der Waals surface area contributed by atoms with Gasteiger partial charge in [0.15, 0.2) is 0 Å². The number of ether oxygens (including phenoxy) is 1. The molecule has 2 aromatic rings. The predicted octanol–water partition coefficient (Wildman–Crippen LogP) is 2.67. The zero-order valence-corrected chi connectivity index (χ0v) is 13.1. The second-order valence-electron chi connectivity index (χ2n) is 5.34. The van der Waals surface area contributed by atoms with Crippen molar-refractivity contribution < 1.29 is 19.1 Å². The van der Waals surface area contributed by atoms with Gasteiger partial charge in [0, 0.05) is 6.20 Å². The number of carbonyl (C=O) groups excluding carboxylic acids is 3. The minimum absolute atomic E-state index is 0.172. The third-order valence-electron chi connectivity index (χ3n) is 3.77. The Morgan fingerprint density at radius 3 is 2.33 bits per heavy atom. The minimum atomic E-state index is -0.336. The van der Waals surface area contributed by atoms with Crippen LogP contribution < -0.4 is 0 Å². The van der Waals surface area contributed by atoms with Crippen LogP contribution in [0, 0.1) is 0 Å². The van der Waals surface area contributed by atoms with E-state index >= 15 is 0 Å². The second-order valence-corrected chi connectivity index (χ2v) is 5.34. The average Bonchev–Trinajstić information content (AvgIpc) is 2.85. The number of esters is 1. The van der Waals surface area contributed by atoms with Crippen molar-refractivity contribution in [1.82, 2.24) is 4.90 Å². The summed E-state index contributed by atoms with van der Waals surface area (Å²) in [6.45, 7) is 0. The molecule has 0 unspecified atom stereocenters. The highest BCUT2D eigenvalue weighted by Gasteiger charge is 2.33. The van der Waals surface area contributed by atoms with E-state index in [1.807, 2.05) is 18.2 Å². The van der Waals surface area contributed by atoms with Gasteiger partial charge in [-0.05, 0) is 29.3 Å². The first-order valence-corrected chi connectivity index (χ1v) is 7.41. The quantitative estimate of drug-likeness (QED) is 0.641. The first-order valence-electron chi connectivity index (χ1n) is 7.41. The summed E-state index contributed by atoms with van der Waals surface area (Å²) in [5.41, 5.74) is 2.40. The van der Waals surface area contributed by atoms with Crippen LogP contribution in [0.4, 0.5) is 0 Å². The largest absolute Gasteiger partial charge is 0.469 e. The number of methoxy groups -OCH3 is 1. The molecule has 1 aliphatic rings. The Bertz CT molecular complexity index is 819. The van der Waals surface area contributed by atoms with Crippen LogP contribution >= 0.6 is 0 Å². The van der Waals surface area contributed by atoms with E-state index in [1.54, 1.807) is 36.4 Å². The van der Waals surface area contributed by atoms with Gasteiger partial charge in [-0.15, -0.1) is 0 Å². The first-order chi connectivity index (χ1) is 11.6. The Kier molecular flexibility index (Phi) is 4.24. The Morgan fingerprint density at radius 2 is 1.71 bits per heavy atom. The van der Waals surface area contributed by atoms with Crippen molar-refractivity contribution in [2.24, 2.45) is 0 Å². The van der Waals surface area contributed by atoms with E-state index in [1.165, 1.54) is 13.3 Å². The lowest BCUT2D eigenvalue weighted by molar-refractivity contribution is -0.139. The van der Waals surface area contributed by atoms with Crippen LogP contribution in [-0.4, -0.2) is 29.8 Å². The summed E-state index contributed by atoms with van der Waals surface area (Å²) >= 11 is 0. The molecular formula is C19H15NO4. The van der Waals surface area contributed by atoms with Crippen molar-refractivity contribution >= 4 is 23.9 Å². The lowest BCUT2D eigenvalue weighted by atomic mass is 10.1. The summed E-state index contributed by atoms with van der Waals surface area (Å²) in [5.74, 6) is -0.994. The predicted molar refractivity (Wildman–Crippen MR) is 88.1 cm³/mol. The SMILES string of the molecule is COC(=O)Cc1cccc(/C=C/N2C(=O)c3ccccc3C2=O)c1. The number of rotatable bonds is 4. The lowest BCUT2D eigenvalue weighted by Gasteiger charge is -2.07. The van der Waals surface area contributed by atoms with Gasteiger partial charge >= 0.3 is 5.97 Å². The summed E-state index contributed by atoms with van der Waals surface area (Å²) in [5, 5.41) is 0. The normalized spacial score (nSPS) is 13.5. The molecule has 0 fully saturated rings. The van der Waals surface area contributed by atoms with Crippen molar-refractivity contribution in [3.8, 4) is 0 Å². The second kappa shape index (κ2) is 6.50. The van der Waals surface area contributed by atoms with Crippen molar-refractivity contribution in [1.29, 1.82) is 0 Å². The monoisotopic (exact) mass is 321 g/mol. The molecule has 0 aliphatic carbocycles. The molecule has 2 amide bonds. The van der Waals surface area contributed by atoms with Gasteiger partial charge in [0.05, 0.1) is 24.7 Å². The highest BCUT2D eigenvalue weighted by Crippen LogP contribution is 2.23. The van der Waals surface area contributed by atoms with Crippen molar-refractivity contribution in [2.45, 2.75) is 6.42 Å². The molecule has 2 aromatic carbocycles. The fraction of sp³-hybridized carbons (Fsp3) is 0.105. The molecular weight excluding hydrogens is 306 g/mol. The van der Waals surface area contributed by atoms with E-state index in [0.717, 1.165) is 16.0 Å². The number of imide groups is 1. The van der Waals surface area contributed by atoms with Gasteiger partial charge in [0.25, 0.3) is 11.8 Å². The Labute approximate surface area is 139 Å². The fourth-order valence-electron chi connectivity index (χ4n) is 2.55. The molecule has 3 rings (SSSR count). The lowest BCUT2D eigenvalue weighted by Crippen LogP contribution is -2.23. The van der Waals surface area contributed by atoms with Crippen LogP contribution in [0.2, 0.25) is 0 Å². The topological polar surface area (TPSA) is 63.7 Å². The summed E-state index contributed by atoms with van der Waals surface area (Å²) in [7, 11) is 1.34. The number of carbonyl (C=O) groups is 3. The molecule has 24 heavy (non-hydrogen) atoms. The molecule has 0 aromatic heterocycles. The highest BCUT2D eigenvalue weighted by molar-refractivity contribution is 6.22. The third kappa shape index (κ3) is 2.96. The Morgan fingerprint density at radius 1 is 1.04 bits per heavy atom. The molecule has 1 aliphatic heterocycles. The molecule has 5 nitrogen and oxygen atoms in total. The Balaban J connectivity index is 1.80. The number of nitrogens with zero attached hydrogens (tertiary/aromatic N) is 1. The zero-order chi connectivity index (χ0) is 17.1. The van der Waals surface area contributed by atoms with E-state index in [-0.39, 0.29) is 24.2 Å². The van der Waals surface area contributed by atoms with Gasteiger partial charge in [0.2, 0.25) is 0 Å². The molecule has 120 valence electrons. The van der Waals surface area contributed by atoms with Crippen molar-refractivity contribution in [3.63, 3.8) is 0 Å². The molecule has 0 bridgehead atoms. The molecule has 0 radical (unpaired) electrons. The Hall–Kier alpha value is -3.21. The van der Waals surface area contributed by atoms with Gasteiger partial charge in [-0.3, -0.25) is 14.4 Å². The zero-order valence-electron chi connectivity index (χ0n) is 13.1. The molecule has 5 heteroatoms.